The van der Waals surface area contributed by atoms with E-state index >= 15 is 0 Å². The van der Waals surface area contributed by atoms with Gasteiger partial charge in [-0.25, -0.2) is 0 Å². The van der Waals surface area contributed by atoms with Gasteiger partial charge < -0.3 is 20.6 Å². The van der Waals surface area contributed by atoms with Crippen LogP contribution in [-0.2, 0) is 11.4 Å². The zero-order valence-corrected chi connectivity index (χ0v) is 15.3. The number of aryl methyl sites for hydroxylation is 1. The van der Waals surface area contributed by atoms with E-state index in [4.69, 9.17) is 5.73 Å². The van der Waals surface area contributed by atoms with Gasteiger partial charge in [-0.1, -0.05) is 24.3 Å². The summed E-state index contributed by atoms with van der Waals surface area (Å²) in [7, 11) is 0. The number of anilines is 2. The molecule has 0 bridgehead atoms. The number of aliphatic hydroxyl groups is 1. The number of benzene rings is 2. The molecule has 3 rings (SSSR count). The number of hydrogen-bond donors (Lipinski definition) is 2. The molecular formula is C21H27N3O2. The van der Waals surface area contributed by atoms with Gasteiger partial charge in [-0.3, -0.25) is 4.79 Å². The van der Waals surface area contributed by atoms with Gasteiger partial charge in [0.05, 0.1) is 6.61 Å². The third-order valence-electron chi connectivity index (χ3n) is 5.00. The van der Waals surface area contributed by atoms with Gasteiger partial charge >= 0.3 is 0 Å². The topological polar surface area (TPSA) is 69.8 Å². The number of carbonyl (C=O) groups is 1. The van der Waals surface area contributed by atoms with E-state index in [1.165, 1.54) is 11.3 Å². The average molecular weight is 353 g/mol. The van der Waals surface area contributed by atoms with Gasteiger partial charge in [-0.15, -0.1) is 0 Å². The summed E-state index contributed by atoms with van der Waals surface area (Å²) < 4.78 is 0. The summed E-state index contributed by atoms with van der Waals surface area (Å²) in [5.41, 5.74) is 9.86. The number of aliphatic hydroxyl groups excluding tert-OH is 1. The molecule has 0 aliphatic carbocycles. The molecule has 1 heterocycles. The van der Waals surface area contributed by atoms with Crippen molar-refractivity contribution >= 4 is 17.3 Å². The largest absolute Gasteiger partial charge is 0.392 e. The molecule has 0 saturated carbocycles. The molecule has 1 fully saturated rings. The maximum atomic E-state index is 11.3. The Morgan fingerprint density at radius 2 is 1.92 bits per heavy atom. The molecule has 1 atom stereocenters. The van der Waals surface area contributed by atoms with Crippen LogP contribution >= 0.6 is 0 Å². The first-order valence-electron chi connectivity index (χ1n) is 9.13. The highest BCUT2D eigenvalue weighted by Gasteiger charge is 2.27. The fourth-order valence-corrected chi connectivity index (χ4v) is 3.64. The summed E-state index contributed by atoms with van der Waals surface area (Å²) in [5.74, 6) is -0.262. The molecule has 1 saturated heterocycles. The van der Waals surface area contributed by atoms with Gasteiger partial charge in [-0.05, 0) is 48.7 Å². The second-order valence-corrected chi connectivity index (χ2v) is 6.97. The van der Waals surface area contributed by atoms with Crippen molar-refractivity contribution in [1.82, 2.24) is 0 Å². The van der Waals surface area contributed by atoms with E-state index in [0.717, 1.165) is 37.3 Å². The summed E-state index contributed by atoms with van der Waals surface area (Å²) in [6.45, 7) is 4.76. The lowest BCUT2D eigenvalue weighted by Crippen LogP contribution is -2.53. The van der Waals surface area contributed by atoms with E-state index in [2.05, 4.69) is 47.1 Å². The second kappa shape index (κ2) is 8.23. The molecule has 1 amide bonds. The third-order valence-corrected chi connectivity index (χ3v) is 5.00. The van der Waals surface area contributed by atoms with Crippen molar-refractivity contribution in [3.8, 4) is 0 Å². The van der Waals surface area contributed by atoms with E-state index in [1.54, 1.807) is 0 Å². The van der Waals surface area contributed by atoms with Crippen molar-refractivity contribution in [2.45, 2.75) is 32.4 Å². The summed E-state index contributed by atoms with van der Waals surface area (Å²) in [4.78, 5) is 16.1. The lowest BCUT2D eigenvalue weighted by Gasteiger charge is -2.44. The first-order valence-corrected chi connectivity index (χ1v) is 9.13. The Bertz CT molecular complexity index is 762. The lowest BCUT2D eigenvalue weighted by atomic mass is 10.0. The lowest BCUT2D eigenvalue weighted by molar-refractivity contribution is -0.118. The molecule has 2 aromatic carbocycles. The fraction of sp³-hybridized carbons (Fsp3) is 0.381. The molecule has 138 valence electrons. The smallest absolute Gasteiger partial charge is 0.217 e. The Morgan fingerprint density at radius 1 is 1.15 bits per heavy atom. The third kappa shape index (κ3) is 4.35. The number of piperazine rings is 1. The van der Waals surface area contributed by atoms with Crippen LogP contribution in [0.4, 0.5) is 11.4 Å². The Labute approximate surface area is 155 Å². The van der Waals surface area contributed by atoms with Crippen molar-refractivity contribution in [2.75, 3.05) is 29.4 Å². The number of primary amides is 1. The number of hydrogen-bond acceptors (Lipinski definition) is 4. The highest BCUT2D eigenvalue weighted by atomic mass is 16.3. The summed E-state index contributed by atoms with van der Waals surface area (Å²) >= 11 is 0. The van der Waals surface area contributed by atoms with Gasteiger partial charge in [0.2, 0.25) is 5.91 Å². The highest BCUT2D eigenvalue weighted by Crippen LogP contribution is 2.27. The summed E-state index contributed by atoms with van der Waals surface area (Å²) in [6, 6.07) is 16.7. The summed E-state index contributed by atoms with van der Waals surface area (Å²) in [6.07, 6.45) is 1.10. The molecule has 5 nitrogen and oxygen atoms in total. The van der Waals surface area contributed by atoms with Gasteiger partial charge in [0.25, 0.3) is 0 Å². The standard InChI is InChI=1S/C21H27N3O2/c1-16-4-2-6-18(12-16)23-10-11-24(20(14-23)8-9-21(22)26)19-7-3-5-17(13-19)15-25/h2-7,12-13,20,25H,8-11,14-15H2,1H3,(H2,22,26). The minimum Gasteiger partial charge on any atom is -0.392 e. The zero-order valence-electron chi connectivity index (χ0n) is 15.3. The Hall–Kier alpha value is -2.53. The summed E-state index contributed by atoms with van der Waals surface area (Å²) in [5, 5.41) is 9.43. The predicted octanol–water partition coefficient (Wildman–Crippen LogP) is 2.45. The SMILES string of the molecule is Cc1cccc(N2CCN(c3cccc(CO)c3)C(CCC(N)=O)C2)c1. The number of nitrogens with two attached hydrogens (primary N) is 1. The minimum absolute atomic E-state index is 0.0308. The second-order valence-electron chi connectivity index (χ2n) is 6.97. The molecule has 1 aliphatic heterocycles. The van der Waals surface area contributed by atoms with E-state index in [-0.39, 0.29) is 18.6 Å². The van der Waals surface area contributed by atoms with Crippen molar-refractivity contribution in [3.63, 3.8) is 0 Å². The first-order chi connectivity index (χ1) is 12.6. The Morgan fingerprint density at radius 3 is 2.65 bits per heavy atom. The van der Waals surface area contributed by atoms with Gasteiger partial charge in [-0.2, -0.15) is 0 Å². The first kappa shape index (κ1) is 18.3. The highest BCUT2D eigenvalue weighted by molar-refractivity contribution is 5.73. The minimum atomic E-state index is -0.262. The van der Waals surface area contributed by atoms with Crippen LogP contribution in [0.1, 0.15) is 24.0 Å². The average Bonchev–Trinajstić information content (AvgIpc) is 2.66. The number of amides is 1. The maximum Gasteiger partial charge on any atom is 0.217 e. The van der Waals surface area contributed by atoms with E-state index in [1.807, 2.05) is 18.2 Å². The number of carbonyl (C=O) groups excluding carboxylic acids is 1. The quantitative estimate of drug-likeness (QED) is 0.837. The van der Waals surface area contributed by atoms with Crippen LogP contribution in [0, 0.1) is 6.92 Å². The normalized spacial score (nSPS) is 17.4. The van der Waals surface area contributed by atoms with Crippen LogP contribution < -0.4 is 15.5 Å². The molecule has 2 aromatic rings. The molecule has 1 unspecified atom stereocenters. The van der Waals surface area contributed by atoms with E-state index in [0.29, 0.717) is 6.42 Å². The Kier molecular flexibility index (Phi) is 5.78. The number of rotatable bonds is 6. The van der Waals surface area contributed by atoms with E-state index in [9.17, 15) is 9.90 Å². The van der Waals surface area contributed by atoms with Crippen LogP contribution in [0.3, 0.4) is 0 Å². The molecule has 1 aliphatic rings. The van der Waals surface area contributed by atoms with Crippen molar-refractivity contribution < 1.29 is 9.90 Å². The molecule has 0 spiro atoms. The van der Waals surface area contributed by atoms with Crippen LogP contribution in [0.15, 0.2) is 48.5 Å². The van der Waals surface area contributed by atoms with E-state index < -0.39 is 0 Å². The van der Waals surface area contributed by atoms with Crippen LogP contribution in [0.25, 0.3) is 0 Å². The van der Waals surface area contributed by atoms with Crippen molar-refractivity contribution in [2.24, 2.45) is 5.73 Å². The molecule has 0 radical (unpaired) electrons. The fourth-order valence-electron chi connectivity index (χ4n) is 3.64. The van der Waals surface area contributed by atoms with Gasteiger partial charge in [0.1, 0.15) is 0 Å². The Balaban J connectivity index is 1.82. The molecule has 0 aromatic heterocycles. The van der Waals surface area contributed by atoms with Crippen molar-refractivity contribution in [1.29, 1.82) is 0 Å². The van der Waals surface area contributed by atoms with Crippen molar-refractivity contribution in [3.05, 3.63) is 59.7 Å². The molecular weight excluding hydrogens is 326 g/mol. The monoisotopic (exact) mass is 353 g/mol. The zero-order chi connectivity index (χ0) is 18.5. The predicted molar refractivity (Wildman–Crippen MR) is 105 cm³/mol. The molecule has 5 heteroatoms. The van der Waals surface area contributed by atoms with Crippen LogP contribution in [-0.4, -0.2) is 36.7 Å². The van der Waals surface area contributed by atoms with Gasteiger partial charge in [0.15, 0.2) is 0 Å². The van der Waals surface area contributed by atoms with Crippen LogP contribution in [0.5, 0.6) is 0 Å². The maximum absolute atomic E-state index is 11.3. The van der Waals surface area contributed by atoms with Gasteiger partial charge in [0, 0.05) is 43.5 Å². The number of nitrogens with zero attached hydrogens (tertiary/aromatic N) is 2. The molecule has 26 heavy (non-hydrogen) atoms. The van der Waals surface area contributed by atoms with Crippen LogP contribution in [0.2, 0.25) is 0 Å². The molecule has 3 N–H and O–H groups in total.